The predicted molar refractivity (Wildman–Crippen MR) is 84.5 cm³/mol. The maximum atomic E-state index is 12.3. The summed E-state index contributed by atoms with van der Waals surface area (Å²) in [6.45, 7) is 3.73. The number of nitrogens with zero attached hydrogens (tertiary/aromatic N) is 2. The van der Waals surface area contributed by atoms with Gasteiger partial charge in [-0.1, -0.05) is 6.07 Å². The van der Waals surface area contributed by atoms with Crippen molar-refractivity contribution in [1.29, 1.82) is 0 Å². The summed E-state index contributed by atoms with van der Waals surface area (Å²) in [5.74, 6) is 0.524. The average molecular weight is 355 g/mol. The quantitative estimate of drug-likeness (QED) is 0.841. The van der Waals surface area contributed by atoms with Gasteiger partial charge in [-0.15, -0.1) is 11.3 Å². The molecule has 1 amide bonds. The van der Waals surface area contributed by atoms with E-state index in [4.69, 9.17) is 4.74 Å². The third-order valence-electron chi connectivity index (χ3n) is 2.78. The van der Waals surface area contributed by atoms with Gasteiger partial charge in [-0.2, -0.15) is 0 Å². The van der Waals surface area contributed by atoms with Crippen LogP contribution in [0.25, 0.3) is 0 Å². The number of ether oxygens (including phenoxy) is 1. The maximum absolute atomic E-state index is 12.3. The van der Waals surface area contributed by atoms with Crippen LogP contribution in [-0.2, 0) is 4.79 Å². The molecule has 1 aromatic carbocycles. The van der Waals surface area contributed by atoms with Crippen LogP contribution in [-0.4, -0.2) is 24.0 Å². The molecule has 2 aromatic rings. The van der Waals surface area contributed by atoms with Gasteiger partial charge >= 0.3 is 0 Å². The van der Waals surface area contributed by atoms with Crippen molar-refractivity contribution in [1.82, 2.24) is 4.98 Å². The number of hydrogen-bond donors (Lipinski definition) is 0. The van der Waals surface area contributed by atoms with E-state index >= 15 is 0 Å². The first-order chi connectivity index (χ1) is 9.49. The lowest BCUT2D eigenvalue weighted by atomic mass is 10.2. The summed E-state index contributed by atoms with van der Waals surface area (Å²) in [6.07, 6.45) is 1.09. The zero-order valence-corrected chi connectivity index (χ0v) is 13.9. The fourth-order valence-corrected chi connectivity index (χ4v) is 2.89. The molecule has 0 radical (unpaired) electrons. The molecule has 0 spiro atoms. The fourth-order valence-electron chi connectivity index (χ4n) is 1.69. The number of amides is 1. The smallest absolute Gasteiger partial charge is 0.269 e. The Morgan fingerprint density at radius 1 is 1.50 bits per heavy atom. The Morgan fingerprint density at radius 2 is 2.25 bits per heavy atom. The molecule has 0 N–H and O–H groups in total. The minimum atomic E-state index is -0.581. The molecule has 6 heteroatoms. The Kier molecular flexibility index (Phi) is 4.77. The summed E-state index contributed by atoms with van der Waals surface area (Å²) in [4.78, 5) is 17.9. The van der Waals surface area contributed by atoms with Gasteiger partial charge in [0.1, 0.15) is 5.75 Å². The largest absolute Gasteiger partial charge is 0.480 e. The number of carbonyl (C=O) groups excluding carboxylic acids is 1. The summed E-state index contributed by atoms with van der Waals surface area (Å²) in [7, 11) is 1.70. The molecule has 2 rings (SSSR count). The molecule has 0 aliphatic rings. The lowest BCUT2D eigenvalue weighted by Gasteiger charge is -2.20. The zero-order chi connectivity index (χ0) is 14.7. The number of carbonyl (C=O) groups is 1. The molecule has 0 unspecified atom stereocenters. The lowest BCUT2D eigenvalue weighted by molar-refractivity contribution is -0.124. The summed E-state index contributed by atoms with van der Waals surface area (Å²) in [6, 6.07) is 5.76. The number of aryl methyl sites for hydroxylation is 1. The van der Waals surface area contributed by atoms with E-state index < -0.39 is 6.10 Å². The standard InChI is InChI=1S/C14H15BrN2O2S/c1-9-4-5-12(11(15)8-9)19-10(2)13(18)17(3)14-16-6-7-20-14/h4-8,10H,1-3H3/t10-/m1/s1. The molecule has 0 fully saturated rings. The molecule has 20 heavy (non-hydrogen) atoms. The Morgan fingerprint density at radius 3 is 2.85 bits per heavy atom. The van der Waals surface area contributed by atoms with Crippen LogP contribution in [0.5, 0.6) is 5.75 Å². The Bertz CT molecular complexity index is 601. The van der Waals surface area contributed by atoms with Crippen LogP contribution in [0.1, 0.15) is 12.5 Å². The summed E-state index contributed by atoms with van der Waals surface area (Å²) < 4.78 is 6.56. The number of thiazole rings is 1. The van der Waals surface area contributed by atoms with Gasteiger partial charge in [-0.25, -0.2) is 4.98 Å². The highest BCUT2D eigenvalue weighted by molar-refractivity contribution is 9.10. The lowest BCUT2D eigenvalue weighted by Crippen LogP contribution is -2.38. The average Bonchev–Trinajstić information content (AvgIpc) is 2.94. The minimum absolute atomic E-state index is 0.132. The van der Waals surface area contributed by atoms with Crippen molar-refractivity contribution in [3.8, 4) is 5.75 Å². The SMILES string of the molecule is Cc1ccc(O[C@H](C)C(=O)N(C)c2nccs2)c(Br)c1. The molecule has 4 nitrogen and oxygen atoms in total. The molecule has 1 aromatic heterocycles. The number of hydrogen-bond acceptors (Lipinski definition) is 4. The molecule has 0 bridgehead atoms. The van der Waals surface area contributed by atoms with Crippen molar-refractivity contribution in [2.45, 2.75) is 20.0 Å². The molecule has 0 saturated heterocycles. The van der Waals surface area contributed by atoms with Crippen LogP contribution >= 0.6 is 27.3 Å². The van der Waals surface area contributed by atoms with Crippen LogP contribution in [0.2, 0.25) is 0 Å². The van der Waals surface area contributed by atoms with Gasteiger partial charge in [-0.3, -0.25) is 9.69 Å². The second kappa shape index (κ2) is 6.37. The first kappa shape index (κ1) is 15.0. The monoisotopic (exact) mass is 354 g/mol. The van der Waals surface area contributed by atoms with E-state index in [1.54, 1.807) is 20.2 Å². The third-order valence-corrected chi connectivity index (χ3v) is 4.24. The van der Waals surface area contributed by atoms with E-state index in [1.807, 2.05) is 30.5 Å². The highest BCUT2D eigenvalue weighted by Gasteiger charge is 2.22. The molecular formula is C14H15BrN2O2S. The van der Waals surface area contributed by atoms with E-state index in [2.05, 4.69) is 20.9 Å². The third kappa shape index (κ3) is 3.37. The number of anilines is 1. The van der Waals surface area contributed by atoms with Gasteiger partial charge in [0.2, 0.25) is 0 Å². The fraction of sp³-hybridized carbons (Fsp3) is 0.286. The number of aromatic nitrogens is 1. The second-order valence-electron chi connectivity index (χ2n) is 4.41. The van der Waals surface area contributed by atoms with Crippen LogP contribution in [0.4, 0.5) is 5.13 Å². The molecular weight excluding hydrogens is 340 g/mol. The first-order valence-electron chi connectivity index (χ1n) is 6.09. The van der Waals surface area contributed by atoms with Gasteiger partial charge in [0.25, 0.3) is 5.91 Å². The second-order valence-corrected chi connectivity index (χ2v) is 6.13. The molecule has 0 aliphatic carbocycles. The summed E-state index contributed by atoms with van der Waals surface area (Å²) >= 11 is 4.86. The van der Waals surface area contributed by atoms with Crippen LogP contribution in [0.15, 0.2) is 34.2 Å². The topological polar surface area (TPSA) is 42.4 Å². The minimum Gasteiger partial charge on any atom is -0.480 e. The Labute approximate surface area is 130 Å². The van der Waals surface area contributed by atoms with E-state index in [9.17, 15) is 4.79 Å². The first-order valence-corrected chi connectivity index (χ1v) is 7.76. The van der Waals surface area contributed by atoms with Crippen molar-refractivity contribution in [2.75, 3.05) is 11.9 Å². The maximum Gasteiger partial charge on any atom is 0.269 e. The number of benzene rings is 1. The van der Waals surface area contributed by atoms with Crippen LogP contribution in [0, 0.1) is 6.92 Å². The molecule has 0 aliphatic heterocycles. The van der Waals surface area contributed by atoms with Crippen molar-refractivity contribution in [3.05, 3.63) is 39.8 Å². The van der Waals surface area contributed by atoms with Crippen molar-refractivity contribution >= 4 is 38.3 Å². The number of rotatable bonds is 4. The zero-order valence-electron chi connectivity index (χ0n) is 11.5. The Hall–Kier alpha value is -1.40. The van der Waals surface area contributed by atoms with E-state index in [0.717, 1.165) is 10.0 Å². The van der Waals surface area contributed by atoms with Crippen molar-refractivity contribution < 1.29 is 9.53 Å². The van der Waals surface area contributed by atoms with E-state index in [0.29, 0.717) is 10.9 Å². The van der Waals surface area contributed by atoms with Gasteiger partial charge < -0.3 is 4.74 Å². The number of halogens is 1. The van der Waals surface area contributed by atoms with Crippen LogP contribution < -0.4 is 9.64 Å². The molecule has 1 atom stereocenters. The van der Waals surface area contributed by atoms with Gasteiger partial charge in [0, 0.05) is 18.6 Å². The van der Waals surface area contributed by atoms with E-state index in [-0.39, 0.29) is 5.91 Å². The van der Waals surface area contributed by atoms with Gasteiger partial charge in [0.05, 0.1) is 4.47 Å². The normalized spacial score (nSPS) is 12.0. The van der Waals surface area contributed by atoms with E-state index in [1.165, 1.54) is 16.2 Å². The van der Waals surface area contributed by atoms with Crippen LogP contribution in [0.3, 0.4) is 0 Å². The van der Waals surface area contributed by atoms with Crippen molar-refractivity contribution in [2.24, 2.45) is 0 Å². The van der Waals surface area contributed by atoms with Gasteiger partial charge in [0.15, 0.2) is 11.2 Å². The predicted octanol–water partition coefficient (Wildman–Crippen LogP) is 3.64. The summed E-state index contributed by atoms with van der Waals surface area (Å²) in [5.41, 5.74) is 1.13. The van der Waals surface area contributed by atoms with Crippen molar-refractivity contribution in [3.63, 3.8) is 0 Å². The number of likely N-dealkylation sites (N-methyl/N-ethyl adjacent to an activating group) is 1. The van der Waals surface area contributed by atoms with Gasteiger partial charge in [-0.05, 0) is 47.5 Å². The molecule has 0 saturated carbocycles. The molecule has 1 heterocycles. The highest BCUT2D eigenvalue weighted by Crippen LogP contribution is 2.27. The molecule has 106 valence electrons. The highest BCUT2D eigenvalue weighted by atomic mass is 79.9. The Balaban J connectivity index is 2.07. The summed E-state index contributed by atoms with van der Waals surface area (Å²) in [5, 5.41) is 2.50.